The van der Waals surface area contributed by atoms with Crippen LogP contribution in [0.3, 0.4) is 0 Å². The molecule has 0 fully saturated rings. The van der Waals surface area contributed by atoms with E-state index in [4.69, 9.17) is 9.47 Å². The largest absolute Gasteiger partial charge is 0.454 e. The number of amides is 4. The predicted molar refractivity (Wildman–Crippen MR) is 91.9 cm³/mol. The third-order valence-corrected chi connectivity index (χ3v) is 3.23. The minimum Gasteiger partial charge on any atom is -0.454 e. The molecule has 0 aliphatic rings. The summed E-state index contributed by atoms with van der Waals surface area (Å²) < 4.78 is 9.90. The number of urea groups is 1. The van der Waals surface area contributed by atoms with Gasteiger partial charge in [0.15, 0.2) is 6.61 Å². The third kappa shape index (κ3) is 7.65. The van der Waals surface area contributed by atoms with E-state index < -0.39 is 36.6 Å². The van der Waals surface area contributed by atoms with E-state index >= 15 is 0 Å². The van der Waals surface area contributed by atoms with Gasteiger partial charge in [0.05, 0.1) is 0 Å². The molecule has 26 heavy (non-hydrogen) atoms. The van der Waals surface area contributed by atoms with Crippen molar-refractivity contribution < 1.29 is 28.7 Å². The van der Waals surface area contributed by atoms with Gasteiger partial charge in [-0.2, -0.15) is 0 Å². The zero-order chi connectivity index (χ0) is 19.5. The fourth-order valence-electron chi connectivity index (χ4n) is 1.84. The molecule has 1 aromatic rings. The molecule has 0 spiro atoms. The van der Waals surface area contributed by atoms with Gasteiger partial charge in [0, 0.05) is 7.05 Å². The molecule has 142 valence electrons. The Morgan fingerprint density at radius 3 is 2.27 bits per heavy atom. The number of carbonyl (C=O) groups excluding carboxylic acids is 4. The molecule has 0 radical (unpaired) electrons. The molecule has 4 amide bonds. The van der Waals surface area contributed by atoms with E-state index in [0.29, 0.717) is 0 Å². The molecule has 9 nitrogen and oxygen atoms in total. The monoisotopic (exact) mass is 365 g/mol. The maximum absolute atomic E-state index is 12.1. The van der Waals surface area contributed by atoms with Crippen LogP contribution in [0.2, 0.25) is 0 Å². The van der Waals surface area contributed by atoms with Crippen molar-refractivity contribution in [2.45, 2.75) is 26.5 Å². The lowest BCUT2D eigenvalue weighted by molar-refractivity contribution is -0.151. The molecule has 0 saturated carbocycles. The normalized spacial score (nSPS) is 11.2. The van der Waals surface area contributed by atoms with Crippen LogP contribution in [-0.4, -0.2) is 43.7 Å². The Morgan fingerprint density at radius 2 is 1.69 bits per heavy atom. The topological polar surface area (TPSA) is 123 Å². The summed E-state index contributed by atoms with van der Waals surface area (Å²) in [7, 11) is 1.34. The zero-order valence-electron chi connectivity index (χ0n) is 14.9. The van der Waals surface area contributed by atoms with Gasteiger partial charge in [0.25, 0.3) is 5.91 Å². The van der Waals surface area contributed by atoms with E-state index in [-0.39, 0.29) is 12.5 Å². The number of nitrogens with one attached hydrogen (secondary N) is 3. The summed E-state index contributed by atoms with van der Waals surface area (Å²) in [5.74, 6) is -1.88. The molecular weight excluding hydrogens is 342 g/mol. The summed E-state index contributed by atoms with van der Waals surface area (Å²) in [4.78, 5) is 46.4. The molecule has 1 aromatic carbocycles. The van der Waals surface area contributed by atoms with Crippen LogP contribution in [-0.2, 0) is 25.7 Å². The minimum atomic E-state index is -0.994. The Kier molecular flexibility index (Phi) is 8.62. The first-order chi connectivity index (χ1) is 12.3. The van der Waals surface area contributed by atoms with Gasteiger partial charge in [-0.05, 0) is 11.5 Å². The van der Waals surface area contributed by atoms with E-state index in [1.807, 2.05) is 23.5 Å². The second-order valence-electron chi connectivity index (χ2n) is 5.66. The van der Waals surface area contributed by atoms with Gasteiger partial charge in [0.1, 0.15) is 12.6 Å². The van der Waals surface area contributed by atoms with Crippen LogP contribution in [0.15, 0.2) is 30.3 Å². The second kappa shape index (κ2) is 10.7. The number of benzene rings is 1. The summed E-state index contributed by atoms with van der Waals surface area (Å²) in [6.07, 6.45) is -0.778. The molecule has 0 aliphatic heterocycles. The number of alkyl carbamates (subject to hydrolysis) is 1. The van der Waals surface area contributed by atoms with Gasteiger partial charge in [-0.25, -0.2) is 14.4 Å². The number of esters is 1. The number of carbonyl (C=O) groups is 4. The zero-order valence-corrected chi connectivity index (χ0v) is 14.9. The molecule has 0 aliphatic carbocycles. The Bertz CT molecular complexity index is 633. The highest BCUT2D eigenvalue weighted by Crippen LogP contribution is 2.06. The molecule has 9 heteroatoms. The molecule has 1 atom stereocenters. The molecule has 0 heterocycles. The summed E-state index contributed by atoms with van der Waals surface area (Å²) >= 11 is 0. The highest BCUT2D eigenvalue weighted by Gasteiger charge is 2.27. The van der Waals surface area contributed by atoms with Gasteiger partial charge in [-0.1, -0.05) is 44.2 Å². The maximum atomic E-state index is 12.1. The van der Waals surface area contributed by atoms with Crippen LogP contribution in [0.25, 0.3) is 0 Å². The fourth-order valence-corrected chi connectivity index (χ4v) is 1.84. The first-order valence-electron chi connectivity index (χ1n) is 7.99. The predicted octanol–water partition coefficient (Wildman–Crippen LogP) is 0.936. The number of hydrogen-bond acceptors (Lipinski definition) is 6. The lowest BCUT2D eigenvalue weighted by Gasteiger charge is -2.20. The summed E-state index contributed by atoms with van der Waals surface area (Å²) in [5, 5.41) is 6.56. The van der Waals surface area contributed by atoms with Crippen molar-refractivity contribution >= 4 is 24.0 Å². The number of ether oxygens (including phenoxy) is 2. The average Bonchev–Trinajstić information content (AvgIpc) is 2.62. The molecule has 0 bridgehead atoms. The van der Waals surface area contributed by atoms with E-state index in [0.717, 1.165) is 5.56 Å². The smallest absolute Gasteiger partial charge is 0.408 e. The van der Waals surface area contributed by atoms with E-state index in [1.165, 1.54) is 7.05 Å². The molecule has 0 unspecified atom stereocenters. The van der Waals surface area contributed by atoms with Gasteiger partial charge in [-0.3, -0.25) is 10.1 Å². The van der Waals surface area contributed by atoms with Gasteiger partial charge in [-0.15, -0.1) is 0 Å². The first kappa shape index (κ1) is 20.9. The summed E-state index contributed by atoms with van der Waals surface area (Å²) in [6, 6.07) is 7.36. The highest BCUT2D eigenvalue weighted by molar-refractivity contribution is 5.95. The number of rotatable bonds is 7. The molecule has 3 N–H and O–H groups in total. The van der Waals surface area contributed by atoms with Crippen LogP contribution >= 0.6 is 0 Å². The van der Waals surface area contributed by atoms with Crippen molar-refractivity contribution in [3.63, 3.8) is 0 Å². The van der Waals surface area contributed by atoms with Crippen molar-refractivity contribution in [2.75, 3.05) is 13.7 Å². The van der Waals surface area contributed by atoms with Crippen LogP contribution in [0.5, 0.6) is 0 Å². The third-order valence-electron chi connectivity index (χ3n) is 3.23. The van der Waals surface area contributed by atoms with Crippen molar-refractivity contribution in [3.05, 3.63) is 35.9 Å². The van der Waals surface area contributed by atoms with Crippen LogP contribution in [0.1, 0.15) is 19.4 Å². The van der Waals surface area contributed by atoms with E-state index in [1.54, 1.807) is 26.0 Å². The van der Waals surface area contributed by atoms with Crippen LogP contribution in [0, 0.1) is 5.92 Å². The number of imide groups is 1. The summed E-state index contributed by atoms with van der Waals surface area (Å²) in [6.45, 7) is 2.82. The average molecular weight is 365 g/mol. The maximum Gasteiger partial charge on any atom is 0.408 e. The first-order valence-corrected chi connectivity index (χ1v) is 7.99. The van der Waals surface area contributed by atoms with Crippen molar-refractivity contribution in [1.29, 1.82) is 0 Å². The SMILES string of the molecule is CNC(=O)NC(=O)COC(=O)[C@@H](NC(=O)OCc1ccccc1)C(C)C. The minimum absolute atomic E-state index is 0.0566. The van der Waals surface area contributed by atoms with Crippen LogP contribution in [0.4, 0.5) is 9.59 Å². The Balaban J connectivity index is 2.48. The van der Waals surface area contributed by atoms with Crippen molar-refractivity contribution in [2.24, 2.45) is 5.92 Å². The van der Waals surface area contributed by atoms with Gasteiger partial charge < -0.3 is 20.1 Å². The van der Waals surface area contributed by atoms with Gasteiger partial charge >= 0.3 is 18.1 Å². The van der Waals surface area contributed by atoms with Crippen molar-refractivity contribution in [1.82, 2.24) is 16.0 Å². The van der Waals surface area contributed by atoms with Crippen LogP contribution < -0.4 is 16.0 Å². The molecule has 0 saturated heterocycles. The highest BCUT2D eigenvalue weighted by atomic mass is 16.6. The Hall–Kier alpha value is -3.10. The Morgan fingerprint density at radius 1 is 1.04 bits per heavy atom. The van der Waals surface area contributed by atoms with Gasteiger partial charge in [0.2, 0.25) is 0 Å². The molecule has 0 aromatic heterocycles. The Labute approximate surface area is 151 Å². The molecule has 1 rings (SSSR count). The van der Waals surface area contributed by atoms with Crippen molar-refractivity contribution in [3.8, 4) is 0 Å². The standard InChI is InChI=1S/C17H23N3O6/c1-11(2)14(15(22)25-10-13(21)19-16(23)18-3)20-17(24)26-9-12-7-5-4-6-8-12/h4-8,11,14H,9-10H2,1-3H3,(H,20,24)(H2,18,19,21,23)/t14-/m0/s1. The molecular formula is C17H23N3O6. The van der Waals surface area contributed by atoms with E-state index in [9.17, 15) is 19.2 Å². The summed E-state index contributed by atoms with van der Waals surface area (Å²) in [5.41, 5.74) is 0.803. The lowest BCUT2D eigenvalue weighted by Crippen LogP contribution is -2.47. The number of hydrogen-bond donors (Lipinski definition) is 3. The fraction of sp³-hybridized carbons (Fsp3) is 0.412. The van der Waals surface area contributed by atoms with E-state index in [2.05, 4.69) is 10.6 Å². The second-order valence-corrected chi connectivity index (χ2v) is 5.66. The lowest BCUT2D eigenvalue weighted by atomic mass is 10.1. The quantitative estimate of drug-likeness (QED) is 0.618.